The number of aromatic nitrogens is 1. The fraction of sp³-hybridized carbons (Fsp3) is 0.320. The molecule has 1 aliphatic rings. The van der Waals surface area contributed by atoms with E-state index >= 15 is 0 Å². The SMILES string of the molecule is CN=C1CCN(Cc2ccc(F)cc2)N1.Cc1cc2ccc(C=O)cc2n1CCCNC=O. The van der Waals surface area contributed by atoms with Crippen LogP contribution in [0.1, 0.15) is 34.5 Å². The number of amides is 1. The molecule has 0 radical (unpaired) electrons. The average molecular weight is 452 g/mol. The highest BCUT2D eigenvalue weighted by Gasteiger charge is 2.15. The van der Waals surface area contributed by atoms with Crippen LogP contribution in [0, 0.1) is 12.7 Å². The standard InChI is InChI=1S/C14H16N2O2.C11H14FN3/c1-11-7-13-4-3-12(9-17)8-14(13)16(11)6-2-5-15-10-18;1-13-11-6-7-15(14-11)8-9-2-4-10(12)5-3-9/h3-4,7-10H,2,5-6H2,1H3,(H,15,18);2-5H,6-8H2,1H3,(H,13,14). The number of amidine groups is 1. The summed E-state index contributed by atoms with van der Waals surface area (Å²) in [6, 6.07) is 14.4. The first-order valence-corrected chi connectivity index (χ1v) is 11.0. The Kier molecular flexibility index (Phi) is 8.71. The predicted molar refractivity (Wildman–Crippen MR) is 129 cm³/mol. The number of aliphatic imine (C=N–C) groups is 1. The van der Waals surface area contributed by atoms with Crippen LogP contribution < -0.4 is 10.7 Å². The maximum Gasteiger partial charge on any atom is 0.207 e. The van der Waals surface area contributed by atoms with Gasteiger partial charge in [0, 0.05) is 56.4 Å². The maximum absolute atomic E-state index is 12.7. The summed E-state index contributed by atoms with van der Waals surface area (Å²) >= 11 is 0. The van der Waals surface area contributed by atoms with Gasteiger partial charge in [-0.05, 0) is 48.6 Å². The molecular weight excluding hydrogens is 421 g/mol. The second kappa shape index (κ2) is 11.9. The normalized spacial score (nSPS) is 14.6. The molecule has 33 heavy (non-hydrogen) atoms. The van der Waals surface area contributed by atoms with E-state index in [1.165, 1.54) is 17.8 Å². The molecule has 0 atom stereocenters. The number of carbonyl (C=O) groups is 2. The Labute approximate surface area is 193 Å². The van der Waals surface area contributed by atoms with Gasteiger partial charge in [-0.1, -0.05) is 24.3 Å². The number of halogens is 1. The van der Waals surface area contributed by atoms with Gasteiger partial charge in [0.1, 0.15) is 17.9 Å². The molecule has 0 aliphatic carbocycles. The molecule has 7 nitrogen and oxygen atoms in total. The first-order valence-electron chi connectivity index (χ1n) is 11.0. The van der Waals surface area contributed by atoms with Crippen LogP contribution in [-0.4, -0.2) is 48.2 Å². The van der Waals surface area contributed by atoms with E-state index < -0.39 is 0 Å². The van der Waals surface area contributed by atoms with Crippen molar-refractivity contribution in [3.63, 3.8) is 0 Å². The van der Waals surface area contributed by atoms with E-state index in [2.05, 4.69) is 31.4 Å². The number of nitrogens with one attached hydrogen (secondary N) is 2. The summed E-state index contributed by atoms with van der Waals surface area (Å²) in [7, 11) is 1.78. The summed E-state index contributed by atoms with van der Waals surface area (Å²) < 4.78 is 14.8. The number of aldehydes is 1. The number of hydrogen-bond donors (Lipinski definition) is 2. The van der Waals surface area contributed by atoms with E-state index in [-0.39, 0.29) is 5.82 Å². The van der Waals surface area contributed by atoms with Gasteiger partial charge in [0.15, 0.2) is 0 Å². The molecular formula is C25H30FN5O2. The van der Waals surface area contributed by atoms with Gasteiger partial charge in [0.05, 0.1) is 0 Å². The quantitative estimate of drug-likeness (QED) is 0.406. The molecule has 2 heterocycles. The fourth-order valence-corrected chi connectivity index (χ4v) is 3.80. The first kappa shape index (κ1) is 24.1. The molecule has 0 unspecified atom stereocenters. The van der Waals surface area contributed by atoms with Crippen LogP contribution >= 0.6 is 0 Å². The number of fused-ring (bicyclic) bond motifs is 1. The monoisotopic (exact) mass is 451 g/mol. The summed E-state index contributed by atoms with van der Waals surface area (Å²) in [6.45, 7) is 5.27. The second-order valence-electron chi connectivity index (χ2n) is 7.88. The minimum Gasteiger partial charge on any atom is -0.359 e. The zero-order chi connectivity index (χ0) is 23.6. The Bertz CT molecular complexity index is 1110. The Morgan fingerprint density at radius 3 is 2.61 bits per heavy atom. The van der Waals surface area contributed by atoms with Crippen LogP contribution in [0.25, 0.3) is 10.9 Å². The molecule has 1 aliphatic heterocycles. The molecule has 8 heteroatoms. The molecule has 0 saturated carbocycles. The number of benzene rings is 2. The predicted octanol–water partition coefficient (Wildman–Crippen LogP) is 3.46. The Balaban J connectivity index is 0.000000189. The van der Waals surface area contributed by atoms with Gasteiger partial charge in [-0.15, -0.1) is 0 Å². The van der Waals surface area contributed by atoms with Crippen molar-refractivity contribution >= 4 is 29.4 Å². The van der Waals surface area contributed by atoms with E-state index in [4.69, 9.17) is 0 Å². The third kappa shape index (κ3) is 6.73. The topological polar surface area (TPSA) is 78.7 Å². The molecule has 1 fully saturated rings. The maximum atomic E-state index is 12.7. The van der Waals surface area contributed by atoms with Gasteiger partial charge in [-0.3, -0.25) is 14.6 Å². The Hall–Kier alpha value is -3.52. The minimum atomic E-state index is -0.191. The Morgan fingerprint density at radius 1 is 1.15 bits per heavy atom. The summed E-state index contributed by atoms with van der Waals surface area (Å²) in [4.78, 5) is 25.1. The van der Waals surface area contributed by atoms with Crippen LogP contribution in [-0.2, 0) is 17.9 Å². The van der Waals surface area contributed by atoms with Gasteiger partial charge in [-0.2, -0.15) is 0 Å². The van der Waals surface area contributed by atoms with Crippen molar-refractivity contribution in [2.45, 2.75) is 32.9 Å². The highest BCUT2D eigenvalue weighted by molar-refractivity contribution is 5.88. The molecule has 4 rings (SSSR count). The second-order valence-corrected chi connectivity index (χ2v) is 7.88. The van der Waals surface area contributed by atoms with Crippen molar-refractivity contribution in [2.24, 2.45) is 4.99 Å². The Morgan fingerprint density at radius 2 is 1.94 bits per heavy atom. The molecule has 3 aromatic rings. The lowest BCUT2D eigenvalue weighted by Crippen LogP contribution is -2.32. The van der Waals surface area contributed by atoms with Crippen LogP contribution in [0.15, 0.2) is 53.5 Å². The van der Waals surface area contributed by atoms with E-state index in [9.17, 15) is 14.0 Å². The average Bonchev–Trinajstić information content (AvgIpc) is 3.41. The van der Waals surface area contributed by atoms with Gasteiger partial charge >= 0.3 is 0 Å². The molecule has 1 saturated heterocycles. The van der Waals surface area contributed by atoms with Gasteiger partial charge in [-0.25, -0.2) is 9.40 Å². The van der Waals surface area contributed by atoms with Crippen molar-refractivity contribution in [1.82, 2.24) is 20.3 Å². The van der Waals surface area contributed by atoms with Crippen molar-refractivity contribution in [1.29, 1.82) is 0 Å². The zero-order valence-corrected chi connectivity index (χ0v) is 19.1. The van der Waals surface area contributed by atoms with Gasteiger partial charge in [0.2, 0.25) is 6.41 Å². The summed E-state index contributed by atoms with van der Waals surface area (Å²) in [5.74, 6) is 0.820. The third-order valence-electron chi connectivity index (χ3n) is 5.52. The first-order chi connectivity index (χ1) is 16.0. The van der Waals surface area contributed by atoms with E-state index in [1.54, 1.807) is 19.2 Å². The largest absolute Gasteiger partial charge is 0.359 e. The van der Waals surface area contributed by atoms with Gasteiger partial charge < -0.3 is 15.3 Å². The van der Waals surface area contributed by atoms with Crippen LogP contribution in [0.3, 0.4) is 0 Å². The minimum absolute atomic E-state index is 0.191. The van der Waals surface area contributed by atoms with Crippen molar-refractivity contribution < 1.29 is 14.0 Å². The number of aryl methyl sites for hydroxylation is 2. The van der Waals surface area contributed by atoms with Crippen molar-refractivity contribution in [3.05, 3.63) is 71.2 Å². The smallest absolute Gasteiger partial charge is 0.207 e. The summed E-state index contributed by atoms with van der Waals surface area (Å²) in [5, 5.41) is 5.87. The number of rotatable bonds is 8. The molecule has 0 spiro atoms. The molecule has 1 amide bonds. The van der Waals surface area contributed by atoms with Crippen LogP contribution in [0.2, 0.25) is 0 Å². The lowest BCUT2D eigenvalue weighted by atomic mass is 10.2. The fourth-order valence-electron chi connectivity index (χ4n) is 3.80. The molecule has 2 aromatic carbocycles. The molecule has 1 aromatic heterocycles. The van der Waals surface area contributed by atoms with E-state index in [0.717, 1.165) is 61.1 Å². The lowest BCUT2D eigenvalue weighted by molar-refractivity contribution is -0.109. The number of hydrogen-bond acceptors (Lipinski definition) is 4. The molecule has 0 bridgehead atoms. The van der Waals surface area contributed by atoms with E-state index in [0.29, 0.717) is 18.5 Å². The number of nitrogens with zero attached hydrogens (tertiary/aromatic N) is 3. The molecule has 174 valence electrons. The lowest BCUT2D eigenvalue weighted by Gasteiger charge is -2.15. The highest BCUT2D eigenvalue weighted by atomic mass is 19.1. The van der Waals surface area contributed by atoms with Crippen LogP contribution in [0.4, 0.5) is 4.39 Å². The van der Waals surface area contributed by atoms with E-state index in [1.807, 2.05) is 25.1 Å². The molecule has 2 N–H and O–H groups in total. The van der Waals surface area contributed by atoms with Crippen molar-refractivity contribution in [2.75, 3.05) is 20.1 Å². The zero-order valence-electron chi connectivity index (χ0n) is 19.1. The number of carbonyl (C=O) groups excluding carboxylic acids is 2. The third-order valence-corrected chi connectivity index (χ3v) is 5.52. The summed E-state index contributed by atoms with van der Waals surface area (Å²) in [6.07, 6.45) is 3.40. The van der Waals surface area contributed by atoms with Crippen LogP contribution in [0.5, 0.6) is 0 Å². The number of hydrazine groups is 1. The van der Waals surface area contributed by atoms with Crippen molar-refractivity contribution in [3.8, 4) is 0 Å². The summed E-state index contributed by atoms with van der Waals surface area (Å²) in [5.41, 5.74) is 7.22. The highest BCUT2D eigenvalue weighted by Crippen LogP contribution is 2.21. The van der Waals surface area contributed by atoms with Gasteiger partial charge in [0.25, 0.3) is 0 Å².